The van der Waals surface area contributed by atoms with Crippen molar-refractivity contribution in [3.63, 3.8) is 0 Å². The molecule has 2 aliphatic rings. The first kappa shape index (κ1) is 19.9. The van der Waals surface area contributed by atoms with Crippen LogP contribution in [0.15, 0.2) is 42.5 Å². The van der Waals surface area contributed by atoms with Crippen molar-refractivity contribution in [3.05, 3.63) is 71.0 Å². The van der Waals surface area contributed by atoms with Gasteiger partial charge < -0.3 is 9.64 Å². The molecular formula is C22H23F3N2O2. The van der Waals surface area contributed by atoms with Crippen LogP contribution in [0.4, 0.5) is 13.2 Å². The van der Waals surface area contributed by atoms with Gasteiger partial charge in [-0.15, -0.1) is 0 Å². The van der Waals surface area contributed by atoms with E-state index in [-0.39, 0.29) is 48.3 Å². The number of halogens is 3. The van der Waals surface area contributed by atoms with E-state index in [0.717, 1.165) is 5.56 Å². The van der Waals surface area contributed by atoms with Gasteiger partial charge in [0.1, 0.15) is 24.1 Å². The first-order valence-electron chi connectivity index (χ1n) is 9.67. The third kappa shape index (κ3) is 3.89. The summed E-state index contributed by atoms with van der Waals surface area (Å²) >= 11 is 0. The molecule has 0 bridgehead atoms. The SMILES string of the molecule is COCC(=O)N1C[C@H]2CN(Cc3c(F)cccc3F)C[C@H]2[C@@H]1c1cccc(F)c1. The number of amides is 1. The molecule has 2 heterocycles. The Bertz CT molecular complexity index is 887. The molecule has 2 saturated heterocycles. The average molecular weight is 404 g/mol. The van der Waals surface area contributed by atoms with Crippen LogP contribution in [0.25, 0.3) is 0 Å². The number of hydrogen-bond acceptors (Lipinski definition) is 3. The Balaban J connectivity index is 1.58. The number of likely N-dealkylation sites (tertiary alicyclic amines) is 2. The van der Waals surface area contributed by atoms with Gasteiger partial charge in [0.2, 0.25) is 5.91 Å². The summed E-state index contributed by atoms with van der Waals surface area (Å²) in [5.41, 5.74) is 0.794. The molecule has 1 amide bonds. The fourth-order valence-corrected chi connectivity index (χ4v) is 4.75. The number of methoxy groups -OCH3 is 1. The maximum atomic E-state index is 14.1. The lowest BCUT2D eigenvalue weighted by molar-refractivity contribution is -0.136. The van der Waals surface area contributed by atoms with Crippen molar-refractivity contribution in [1.82, 2.24) is 9.80 Å². The topological polar surface area (TPSA) is 32.8 Å². The van der Waals surface area contributed by atoms with Gasteiger partial charge in [-0.25, -0.2) is 13.2 Å². The highest BCUT2D eigenvalue weighted by Crippen LogP contribution is 2.45. The monoisotopic (exact) mass is 404 g/mol. The Hall–Kier alpha value is -2.38. The summed E-state index contributed by atoms with van der Waals surface area (Å²) in [7, 11) is 1.47. The van der Waals surface area contributed by atoms with Crippen LogP contribution in [0.1, 0.15) is 17.2 Å². The van der Waals surface area contributed by atoms with E-state index in [0.29, 0.717) is 19.6 Å². The van der Waals surface area contributed by atoms with Crippen LogP contribution in [0.3, 0.4) is 0 Å². The van der Waals surface area contributed by atoms with E-state index in [9.17, 15) is 18.0 Å². The van der Waals surface area contributed by atoms with Gasteiger partial charge in [-0.2, -0.15) is 0 Å². The second-order valence-corrected chi connectivity index (χ2v) is 7.80. The lowest BCUT2D eigenvalue weighted by Crippen LogP contribution is -2.37. The van der Waals surface area contributed by atoms with Gasteiger partial charge >= 0.3 is 0 Å². The van der Waals surface area contributed by atoms with Gasteiger partial charge in [0, 0.05) is 44.8 Å². The summed E-state index contributed by atoms with van der Waals surface area (Å²) in [6.45, 7) is 1.87. The summed E-state index contributed by atoms with van der Waals surface area (Å²) in [6, 6.07) is 9.88. The van der Waals surface area contributed by atoms with Crippen LogP contribution >= 0.6 is 0 Å². The number of ether oxygens (including phenoxy) is 1. The van der Waals surface area contributed by atoms with Gasteiger partial charge in [0.25, 0.3) is 0 Å². The minimum absolute atomic E-state index is 0.0323. The average Bonchev–Trinajstić information content (AvgIpc) is 3.22. The normalized spacial score (nSPS) is 24.1. The van der Waals surface area contributed by atoms with Crippen LogP contribution in [0.2, 0.25) is 0 Å². The van der Waals surface area contributed by atoms with Crippen molar-refractivity contribution in [3.8, 4) is 0 Å². The highest BCUT2D eigenvalue weighted by atomic mass is 19.1. The van der Waals surface area contributed by atoms with Crippen LogP contribution in [-0.4, -0.2) is 49.1 Å². The van der Waals surface area contributed by atoms with Crippen molar-refractivity contribution < 1.29 is 22.7 Å². The predicted octanol–water partition coefficient (Wildman–Crippen LogP) is 3.38. The van der Waals surface area contributed by atoms with Crippen LogP contribution in [0, 0.1) is 29.3 Å². The van der Waals surface area contributed by atoms with Crippen molar-refractivity contribution in [2.45, 2.75) is 12.6 Å². The van der Waals surface area contributed by atoms with Crippen molar-refractivity contribution in [2.24, 2.45) is 11.8 Å². The molecular weight excluding hydrogens is 381 g/mol. The zero-order chi connectivity index (χ0) is 20.5. The van der Waals surface area contributed by atoms with Crippen molar-refractivity contribution in [2.75, 3.05) is 33.4 Å². The number of benzene rings is 2. The molecule has 0 N–H and O–H groups in total. The van der Waals surface area contributed by atoms with Gasteiger partial charge in [-0.3, -0.25) is 9.69 Å². The molecule has 0 unspecified atom stereocenters. The predicted molar refractivity (Wildman–Crippen MR) is 101 cm³/mol. The quantitative estimate of drug-likeness (QED) is 0.766. The third-order valence-corrected chi connectivity index (χ3v) is 5.96. The number of fused-ring (bicyclic) bond motifs is 1. The minimum Gasteiger partial charge on any atom is -0.375 e. The molecule has 154 valence electrons. The van der Waals surface area contributed by atoms with Gasteiger partial charge in [-0.1, -0.05) is 18.2 Å². The summed E-state index contributed by atoms with van der Waals surface area (Å²) in [5.74, 6) is -1.39. The number of hydrogen-bond donors (Lipinski definition) is 0. The summed E-state index contributed by atoms with van der Waals surface area (Å²) < 4.78 is 47.0. The highest BCUT2D eigenvalue weighted by Gasteiger charge is 2.49. The zero-order valence-corrected chi connectivity index (χ0v) is 16.2. The Kier molecular flexibility index (Phi) is 5.61. The number of rotatable bonds is 5. The number of carbonyl (C=O) groups is 1. The molecule has 4 nitrogen and oxygen atoms in total. The molecule has 0 spiro atoms. The van der Waals surface area contributed by atoms with Crippen molar-refractivity contribution in [1.29, 1.82) is 0 Å². The molecule has 2 fully saturated rings. The summed E-state index contributed by atoms with van der Waals surface area (Å²) in [4.78, 5) is 16.4. The standard InChI is InChI=1S/C22H23F3N2O2/c1-29-13-21(28)27-10-15-9-26(12-18-19(24)6-3-7-20(18)25)11-17(15)22(27)14-4-2-5-16(23)8-14/h2-8,15,17,22H,9-13H2,1H3/t15-,17-,22+/m1/s1. The second-order valence-electron chi connectivity index (χ2n) is 7.80. The van der Waals surface area contributed by atoms with E-state index in [1.165, 1.54) is 37.4 Å². The van der Waals surface area contributed by atoms with Crippen LogP contribution in [-0.2, 0) is 16.1 Å². The van der Waals surface area contributed by atoms with E-state index < -0.39 is 11.6 Å². The van der Waals surface area contributed by atoms with E-state index in [1.807, 2.05) is 11.0 Å². The molecule has 3 atom stereocenters. The number of nitrogens with zero attached hydrogens (tertiary/aromatic N) is 2. The Morgan fingerprint density at radius 2 is 1.79 bits per heavy atom. The molecule has 2 aromatic rings. The zero-order valence-electron chi connectivity index (χ0n) is 16.2. The fraction of sp³-hybridized carbons (Fsp3) is 0.409. The summed E-state index contributed by atoms with van der Waals surface area (Å²) in [6.07, 6.45) is 0. The first-order chi connectivity index (χ1) is 14.0. The molecule has 0 saturated carbocycles. The smallest absolute Gasteiger partial charge is 0.249 e. The van der Waals surface area contributed by atoms with E-state index in [1.54, 1.807) is 11.0 Å². The highest BCUT2D eigenvalue weighted by molar-refractivity contribution is 5.78. The Labute approximate surface area is 167 Å². The molecule has 29 heavy (non-hydrogen) atoms. The molecule has 4 rings (SSSR count). The maximum Gasteiger partial charge on any atom is 0.249 e. The molecule has 0 aromatic heterocycles. The van der Waals surface area contributed by atoms with Gasteiger partial charge in [-0.05, 0) is 35.7 Å². The second kappa shape index (κ2) is 8.16. The molecule has 2 aromatic carbocycles. The fourth-order valence-electron chi connectivity index (χ4n) is 4.75. The molecule has 2 aliphatic heterocycles. The van der Waals surface area contributed by atoms with E-state index >= 15 is 0 Å². The molecule has 7 heteroatoms. The summed E-state index contributed by atoms with van der Waals surface area (Å²) in [5, 5.41) is 0. The van der Waals surface area contributed by atoms with Gasteiger partial charge in [0.05, 0.1) is 6.04 Å². The first-order valence-corrected chi connectivity index (χ1v) is 9.67. The molecule has 0 radical (unpaired) electrons. The largest absolute Gasteiger partial charge is 0.375 e. The third-order valence-electron chi connectivity index (χ3n) is 5.96. The molecule has 0 aliphatic carbocycles. The van der Waals surface area contributed by atoms with Gasteiger partial charge in [0.15, 0.2) is 0 Å². The van der Waals surface area contributed by atoms with E-state index in [2.05, 4.69) is 0 Å². The van der Waals surface area contributed by atoms with E-state index in [4.69, 9.17) is 4.74 Å². The van der Waals surface area contributed by atoms with Crippen LogP contribution in [0.5, 0.6) is 0 Å². The Morgan fingerprint density at radius 3 is 2.48 bits per heavy atom. The lowest BCUT2D eigenvalue weighted by atomic mass is 9.89. The Morgan fingerprint density at radius 1 is 1.07 bits per heavy atom. The minimum atomic E-state index is -0.555. The lowest BCUT2D eigenvalue weighted by Gasteiger charge is -2.30. The van der Waals surface area contributed by atoms with Crippen LogP contribution < -0.4 is 0 Å². The maximum absolute atomic E-state index is 14.1. The van der Waals surface area contributed by atoms with Crippen molar-refractivity contribution >= 4 is 5.91 Å². The number of carbonyl (C=O) groups excluding carboxylic acids is 1.